The number of benzene rings is 1. The molecule has 0 aliphatic heterocycles. The lowest BCUT2D eigenvalue weighted by Crippen LogP contribution is -2.13. The molecule has 140 valence electrons. The molecule has 0 fully saturated rings. The molecule has 27 heavy (non-hydrogen) atoms. The van der Waals surface area contributed by atoms with Gasteiger partial charge in [0, 0.05) is 23.3 Å². The van der Waals surface area contributed by atoms with Gasteiger partial charge >= 0.3 is 0 Å². The number of aromatic nitrogens is 4. The summed E-state index contributed by atoms with van der Waals surface area (Å²) in [6.07, 6.45) is 3.81. The number of hydrogen-bond donors (Lipinski definition) is 2. The van der Waals surface area contributed by atoms with Crippen LogP contribution in [-0.2, 0) is 6.42 Å². The predicted octanol–water partition coefficient (Wildman–Crippen LogP) is 5.46. The van der Waals surface area contributed by atoms with E-state index in [-0.39, 0.29) is 0 Å². The van der Waals surface area contributed by atoms with E-state index in [0.717, 1.165) is 46.4 Å². The Morgan fingerprint density at radius 1 is 1.19 bits per heavy atom. The summed E-state index contributed by atoms with van der Waals surface area (Å²) in [5, 5.41) is 16.9. The number of aromatic amines is 1. The largest absolute Gasteiger partial charge is 0.356 e. The molecule has 6 nitrogen and oxygen atoms in total. The fourth-order valence-electron chi connectivity index (χ4n) is 3.75. The van der Waals surface area contributed by atoms with Gasteiger partial charge in [-0.1, -0.05) is 32.9 Å². The summed E-state index contributed by atoms with van der Waals surface area (Å²) in [4.78, 5) is 4.24. The Bertz CT molecular complexity index is 1070. The highest BCUT2D eigenvalue weighted by atomic mass is 16.5. The van der Waals surface area contributed by atoms with Crippen molar-refractivity contribution in [2.75, 3.05) is 5.32 Å². The second kappa shape index (κ2) is 6.68. The second-order valence-corrected chi connectivity index (χ2v) is 8.51. The van der Waals surface area contributed by atoms with Gasteiger partial charge in [-0.25, -0.2) is 4.98 Å². The molecule has 0 spiro atoms. The van der Waals surface area contributed by atoms with Crippen LogP contribution in [0.5, 0.6) is 0 Å². The van der Waals surface area contributed by atoms with E-state index in [4.69, 9.17) is 4.52 Å². The van der Waals surface area contributed by atoms with E-state index in [1.165, 1.54) is 0 Å². The maximum atomic E-state index is 5.60. The van der Waals surface area contributed by atoms with Gasteiger partial charge in [-0.2, -0.15) is 5.10 Å². The number of H-pyrrole nitrogens is 1. The first-order chi connectivity index (χ1) is 12.9. The summed E-state index contributed by atoms with van der Waals surface area (Å²) in [7, 11) is 0. The van der Waals surface area contributed by atoms with Gasteiger partial charge < -0.3 is 9.84 Å². The number of nitrogens with one attached hydrogen (secondary N) is 2. The third-order valence-electron chi connectivity index (χ3n) is 4.65. The monoisotopic (exact) mass is 363 g/mol. The van der Waals surface area contributed by atoms with Crippen molar-refractivity contribution in [2.24, 2.45) is 11.3 Å². The molecule has 0 amide bonds. The number of pyridine rings is 1. The zero-order chi connectivity index (χ0) is 19.0. The average Bonchev–Trinajstić information content (AvgIpc) is 3.18. The fraction of sp³-hybridized carbons (Fsp3) is 0.381. The Morgan fingerprint density at radius 2 is 2.04 bits per heavy atom. The second-order valence-electron chi connectivity index (χ2n) is 8.51. The topological polar surface area (TPSA) is 79.6 Å². The number of hydrogen-bond acceptors (Lipinski definition) is 5. The van der Waals surface area contributed by atoms with Crippen LogP contribution < -0.4 is 5.32 Å². The Balaban J connectivity index is 1.55. The van der Waals surface area contributed by atoms with Crippen molar-refractivity contribution < 1.29 is 4.52 Å². The van der Waals surface area contributed by atoms with Gasteiger partial charge in [0.2, 0.25) is 0 Å². The van der Waals surface area contributed by atoms with Crippen molar-refractivity contribution in [3.8, 4) is 0 Å². The van der Waals surface area contributed by atoms with Crippen molar-refractivity contribution >= 4 is 33.5 Å². The van der Waals surface area contributed by atoms with Crippen LogP contribution in [-0.4, -0.2) is 20.3 Å². The number of fused-ring (bicyclic) bond motifs is 2. The average molecular weight is 363 g/mol. The molecule has 3 aromatic heterocycles. The standard InChI is InChI=1S/C21H25N5O/c1-13(12-21(2,3)4)10-17-15-8-7-14(11-18(15)27-26-17)23-20-16-6-5-9-22-19(16)24-25-20/h5-9,11,13H,10,12H2,1-4H3,(H2,22,23,24,25). The lowest BCUT2D eigenvalue weighted by atomic mass is 9.83. The van der Waals surface area contributed by atoms with Crippen LogP contribution in [0.3, 0.4) is 0 Å². The van der Waals surface area contributed by atoms with Crippen molar-refractivity contribution in [3.63, 3.8) is 0 Å². The van der Waals surface area contributed by atoms with Crippen molar-refractivity contribution in [1.29, 1.82) is 0 Å². The molecule has 6 heteroatoms. The van der Waals surface area contributed by atoms with Gasteiger partial charge in [-0.05, 0) is 48.4 Å². The SMILES string of the molecule is CC(Cc1noc2cc(Nc3[nH]nc4ncccc34)ccc12)CC(C)(C)C. The van der Waals surface area contributed by atoms with Gasteiger partial charge in [0.05, 0.1) is 11.1 Å². The minimum atomic E-state index is 0.317. The maximum absolute atomic E-state index is 5.60. The molecule has 0 radical (unpaired) electrons. The van der Waals surface area contributed by atoms with E-state index in [9.17, 15) is 0 Å². The Morgan fingerprint density at radius 3 is 2.85 bits per heavy atom. The van der Waals surface area contributed by atoms with E-state index in [0.29, 0.717) is 17.0 Å². The van der Waals surface area contributed by atoms with Crippen LogP contribution in [0, 0.1) is 11.3 Å². The Hall–Kier alpha value is -2.89. The van der Waals surface area contributed by atoms with Crippen LogP contribution >= 0.6 is 0 Å². The number of rotatable bonds is 5. The van der Waals surface area contributed by atoms with E-state index < -0.39 is 0 Å². The van der Waals surface area contributed by atoms with E-state index in [1.54, 1.807) is 6.20 Å². The van der Waals surface area contributed by atoms with E-state index >= 15 is 0 Å². The van der Waals surface area contributed by atoms with Crippen LogP contribution in [0.25, 0.3) is 22.0 Å². The highest BCUT2D eigenvalue weighted by molar-refractivity contribution is 5.90. The van der Waals surface area contributed by atoms with Gasteiger partial charge in [-0.15, -0.1) is 0 Å². The molecule has 1 aromatic carbocycles. The zero-order valence-electron chi connectivity index (χ0n) is 16.2. The summed E-state index contributed by atoms with van der Waals surface area (Å²) in [6, 6.07) is 9.97. The minimum absolute atomic E-state index is 0.317. The van der Waals surface area contributed by atoms with Crippen LogP contribution in [0.2, 0.25) is 0 Å². The molecule has 1 unspecified atom stereocenters. The Labute approximate surface area is 158 Å². The molecule has 4 aromatic rings. The minimum Gasteiger partial charge on any atom is -0.356 e. The van der Waals surface area contributed by atoms with Gasteiger partial charge in [0.1, 0.15) is 5.82 Å². The third kappa shape index (κ3) is 3.79. The summed E-state index contributed by atoms with van der Waals surface area (Å²) >= 11 is 0. The summed E-state index contributed by atoms with van der Waals surface area (Å²) < 4.78 is 5.60. The van der Waals surface area contributed by atoms with Crippen molar-refractivity contribution in [2.45, 2.75) is 40.5 Å². The molecule has 0 aliphatic rings. The first-order valence-corrected chi connectivity index (χ1v) is 9.33. The van der Waals surface area contributed by atoms with E-state index in [2.05, 4.69) is 59.4 Å². The summed E-state index contributed by atoms with van der Waals surface area (Å²) in [6.45, 7) is 9.10. The third-order valence-corrected chi connectivity index (χ3v) is 4.65. The van der Waals surface area contributed by atoms with Crippen LogP contribution in [0.4, 0.5) is 11.5 Å². The van der Waals surface area contributed by atoms with Crippen LogP contribution in [0.1, 0.15) is 39.8 Å². The molecule has 4 rings (SSSR count). The normalized spacial score (nSPS) is 13.3. The number of nitrogens with zero attached hydrogens (tertiary/aromatic N) is 3. The molecule has 0 saturated carbocycles. The first-order valence-electron chi connectivity index (χ1n) is 9.33. The van der Waals surface area contributed by atoms with Crippen LogP contribution in [0.15, 0.2) is 41.1 Å². The lowest BCUT2D eigenvalue weighted by Gasteiger charge is -2.22. The molecular formula is C21H25N5O. The molecule has 2 N–H and O–H groups in total. The first kappa shape index (κ1) is 17.5. The number of anilines is 2. The smallest absolute Gasteiger partial charge is 0.183 e. The molecular weight excluding hydrogens is 338 g/mol. The molecule has 0 aliphatic carbocycles. The van der Waals surface area contributed by atoms with Crippen molar-refractivity contribution in [3.05, 3.63) is 42.2 Å². The Kier molecular flexibility index (Phi) is 4.34. The zero-order valence-corrected chi connectivity index (χ0v) is 16.2. The highest BCUT2D eigenvalue weighted by Gasteiger charge is 2.18. The quantitative estimate of drug-likeness (QED) is 0.492. The molecule has 1 atom stereocenters. The highest BCUT2D eigenvalue weighted by Crippen LogP contribution is 2.30. The maximum Gasteiger partial charge on any atom is 0.183 e. The molecule has 3 heterocycles. The van der Waals surface area contributed by atoms with E-state index in [1.807, 2.05) is 24.3 Å². The summed E-state index contributed by atoms with van der Waals surface area (Å²) in [5.41, 5.74) is 3.75. The predicted molar refractivity (Wildman–Crippen MR) is 108 cm³/mol. The fourth-order valence-corrected chi connectivity index (χ4v) is 3.75. The molecule has 0 saturated heterocycles. The molecule has 0 bridgehead atoms. The van der Waals surface area contributed by atoms with Gasteiger partial charge in [0.25, 0.3) is 0 Å². The van der Waals surface area contributed by atoms with Gasteiger partial charge in [-0.3, -0.25) is 5.10 Å². The van der Waals surface area contributed by atoms with Gasteiger partial charge in [0.15, 0.2) is 11.2 Å². The summed E-state index contributed by atoms with van der Waals surface area (Å²) in [5.74, 6) is 1.37. The lowest BCUT2D eigenvalue weighted by molar-refractivity contribution is 0.302. The van der Waals surface area contributed by atoms with Crippen molar-refractivity contribution in [1.82, 2.24) is 20.3 Å².